The summed E-state index contributed by atoms with van der Waals surface area (Å²) in [6.07, 6.45) is 0. The van der Waals surface area contributed by atoms with E-state index >= 15 is 0 Å². The monoisotopic (exact) mass is 130 g/mol. The van der Waals surface area contributed by atoms with Crippen LogP contribution in [0, 0.1) is 0 Å². The third kappa shape index (κ3) is 1.64. The highest BCUT2D eigenvalue weighted by Crippen LogP contribution is 2.12. The maximum atomic E-state index is 5.41. The topological polar surface area (TPSA) is 47.3 Å². The fourth-order valence-corrected chi connectivity index (χ4v) is 1.01. The van der Waals surface area contributed by atoms with Gasteiger partial charge in [0.15, 0.2) is 0 Å². The smallest absolute Gasteiger partial charge is 0.113 e. The molecule has 0 spiro atoms. The third-order valence-corrected chi connectivity index (χ3v) is 1.48. The van der Waals surface area contributed by atoms with Crippen LogP contribution in [0.15, 0.2) is 0 Å². The molecule has 3 N–H and O–H groups in total. The Labute approximate surface area is 55.6 Å². The minimum absolute atomic E-state index is 0.163. The van der Waals surface area contributed by atoms with Gasteiger partial charge in [-0.2, -0.15) is 0 Å². The lowest BCUT2D eigenvalue weighted by atomic mass is 10.3. The highest BCUT2D eigenvalue weighted by atomic mass is 16.5. The van der Waals surface area contributed by atoms with Crippen molar-refractivity contribution >= 4 is 0 Å². The molecule has 0 bridgehead atoms. The van der Waals surface area contributed by atoms with E-state index in [2.05, 4.69) is 5.32 Å². The van der Waals surface area contributed by atoms with Crippen LogP contribution in [0.1, 0.15) is 13.8 Å². The number of ether oxygens (including phenoxy) is 1. The van der Waals surface area contributed by atoms with Crippen molar-refractivity contribution in [1.29, 1.82) is 0 Å². The first-order valence-electron chi connectivity index (χ1n) is 3.26. The second kappa shape index (κ2) is 2.25. The van der Waals surface area contributed by atoms with E-state index in [-0.39, 0.29) is 5.72 Å². The molecule has 3 heteroatoms. The Balaban J connectivity index is 2.38. The van der Waals surface area contributed by atoms with Crippen LogP contribution in [0.2, 0.25) is 0 Å². The predicted molar refractivity (Wildman–Crippen MR) is 36.0 cm³/mol. The lowest BCUT2D eigenvalue weighted by Gasteiger charge is -2.17. The molecule has 1 atom stereocenters. The number of rotatable bonds is 1. The fraction of sp³-hybridized carbons (Fsp3) is 1.00. The van der Waals surface area contributed by atoms with Crippen molar-refractivity contribution in [2.75, 3.05) is 13.2 Å². The molecular weight excluding hydrogens is 116 g/mol. The summed E-state index contributed by atoms with van der Waals surface area (Å²) in [5.74, 6) is 0. The summed E-state index contributed by atoms with van der Waals surface area (Å²) in [6.45, 7) is 5.40. The van der Waals surface area contributed by atoms with Crippen molar-refractivity contribution in [3.05, 3.63) is 0 Å². The molecule has 1 fully saturated rings. The number of nitrogens with one attached hydrogen (secondary N) is 1. The summed E-state index contributed by atoms with van der Waals surface area (Å²) >= 11 is 0. The molecule has 0 aromatic heterocycles. The Morgan fingerprint density at radius 2 is 2.44 bits per heavy atom. The molecule has 54 valence electrons. The summed E-state index contributed by atoms with van der Waals surface area (Å²) in [4.78, 5) is 0. The highest BCUT2D eigenvalue weighted by molar-refractivity contribution is 4.81. The first kappa shape index (κ1) is 6.99. The lowest BCUT2D eigenvalue weighted by molar-refractivity contribution is 0.0231. The molecule has 9 heavy (non-hydrogen) atoms. The normalized spacial score (nSPS) is 33.0. The lowest BCUT2D eigenvalue weighted by Crippen LogP contribution is -2.41. The van der Waals surface area contributed by atoms with Crippen LogP contribution in [-0.4, -0.2) is 24.9 Å². The average molecular weight is 130 g/mol. The molecule has 0 radical (unpaired) electrons. The van der Waals surface area contributed by atoms with Crippen LogP contribution in [0.5, 0.6) is 0 Å². The van der Waals surface area contributed by atoms with Crippen molar-refractivity contribution in [2.24, 2.45) is 5.73 Å². The molecule has 1 aliphatic heterocycles. The summed E-state index contributed by atoms with van der Waals surface area (Å²) in [5, 5.41) is 3.23. The van der Waals surface area contributed by atoms with Crippen LogP contribution in [-0.2, 0) is 4.74 Å². The summed E-state index contributed by atoms with van der Waals surface area (Å²) < 4.78 is 5.35. The minimum Gasteiger partial charge on any atom is -0.360 e. The van der Waals surface area contributed by atoms with Crippen molar-refractivity contribution in [2.45, 2.75) is 25.6 Å². The number of hydrogen-bond donors (Lipinski definition) is 2. The first-order valence-corrected chi connectivity index (χ1v) is 3.26. The second-order valence-corrected chi connectivity index (χ2v) is 2.90. The molecule has 1 unspecified atom stereocenters. The zero-order chi connectivity index (χ0) is 6.91. The fourth-order valence-electron chi connectivity index (χ4n) is 1.01. The molecule has 0 aliphatic carbocycles. The van der Waals surface area contributed by atoms with Gasteiger partial charge < -0.3 is 10.5 Å². The van der Waals surface area contributed by atoms with Crippen molar-refractivity contribution in [3.8, 4) is 0 Å². The van der Waals surface area contributed by atoms with E-state index < -0.39 is 0 Å². The van der Waals surface area contributed by atoms with E-state index in [1.807, 2.05) is 13.8 Å². The Morgan fingerprint density at radius 1 is 1.78 bits per heavy atom. The van der Waals surface area contributed by atoms with Gasteiger partial charge in [0.2, 0.25) is 0 Å². The summed E-state index contributed by atoms with van der Waals surface area (Å²) in [7, 11) is 0. The molecule has 1 saturated heterocycles. The molecule has 0 amide bonds. The van der Waals surface area contributed by atoms with Gasteiger partial charge in [0.25, 0.3) is 0 Å². The Hall–Kier alpha value is -0.120. The van der Waals surface area contributed by atoms with Crippen molar-refractivity contribution in [1.82, 2.24) is 5.32 Å². The maximum Gasteiger partial charge on any atom is 0.113 e. The number of nitrogens with two attached hydrogens (primary N) is 1. The van der Waals surface area contributed by atoms with E-state index in [9.17, 15) is 0 Å². The quantitative estimate of drug-likeness (QED) is 0.511. The van der Waals surface area contributed by atoms with Gasteiger partial charge in [-0.15, -0.1) is 0 Å². The Bertz CT molecular complexity index is 103. The Morgan fingerprint density at radius 3 is 2.67 bits per heavy atom. The van der Waals surface area contributed by atoms with E-state index in [0.29, 0.717) is 12.6 Å². The molecule has 0 saturated carbocycles. The zero-order valence-electron chi connectivity index (χ0n) is 5.98. The SMILES string of the molecule is CC1(C)NC(CN)CO1. The van der Waals surface area contributed by atoms with Crippen LogP contribution in [0.25, 0.3) is 0 Å². The molecule has 1 aliphatic rings. The maximum absolute atomic E-state index is 5.41. The molecule has 0 aromatic rings. The van der Waals surface area contributed by atoms with E-state index in [4.69, 9.17) is 10.5 Å². The number of hydrogen-bond acceptors (Lipinski definition) is 3. The largest absolute Gasteiger partial charge is 0.360 e. The van der Waals surface area contributed by atoms with Crippen LogP contribution in [0.3, 0.4) is 0 Å². The molecule has 1 rings (SSSR count). The molecule has 3 nitrogen and oxygen atoms in total. The van der Waals surface area contributed by atoms with Gasteiger partial charge in [-0.3, -0.25) is 5.32 Å². The molecule has 1 heterocycles. The van der Waals surface area contributed by atoms with E-state index in [1.54, 1.807) is 0 Å². The molecule has 0 aromatic carbocycles. The highest BCUT2D eigenvalue weighted by Gasteiger charge is 2.29. The molecular formula is C6H14N2O. The predicted octanol–water partition coefficient (Wildman–Crippen LogP) is -0.330. The van der Waals surface area contributed by atoms with Crippen molar-refractivity contribution in [3.63, 3.8) is 0 Å². The second-order valence-electron chi connectivity index (χ2n) is 2.90. The standard InChI is InChI=1S/C6H14N2O/c1-6(2)8-5(3-7)4-9-6/h5,8H,3-4,7H2,1-2H3. The van der Waals surface area contributed by atoms with Gasteiger partial charge in [0.1, 0.15) is 5.72 Å². The van der Waals surface area contributed by atoms with Gasteiger partial charge in [-0.25, -0.2) is 0 Å². The van der Waals surface area contributed by atoms with Gasteiger partial charge >= 0.3 is 0 Å². The van der Waals surface area contributed by atoms with Gasteiger partial charge in [-0.05, 0) is 13.8 Å². The zero-order valence-corrected chi connectivity index (χ0v) is 5.98. The Kier molecular flexibility index (Phi) is 1.75. The first-order chi connectivity index (χ1) is 4.14. The summed E-state index contributed by atoms with van der Waals surface area (Å²) in [6, 6.07) is 0.347. The van der Waals surface area contributed by atoms with Crippen LogP contribution >= 0.6 is 0 Å². The third-order valence-electron chi connectivity index (χ3n) is 1.48. The van der Waals surface area contributed by atoms with E-state index in [0.717, 1.165) is 6.61 Å². The van der Waals surface area contributed by atoms with Gasteiger partial charge in [0, 0.05) is 12.6 Å². The summed E-state index contributed by atoms with van der Waals surface area (Å²) in [5.41, 5.74) is 5.25. The average Bonchev–Trinajstić information content (AvgIpc) is 2.10. The van der Waals surface area contributed by atoms with E-state index in [1.165, 1.54) is 0 Å². The van der Waals surface area contributed by atoms with Gasteiger partial charge in [-0.1, -0.05) is 0 Å². The van der Waals surface area contributed by atoms with Crippen LogP contribution < -0.4 is 11.1 Å². The van der Waals surface area contributed by atoms with Crippen LogP contribution in [0.4, 0.5) is 0 Å². The minimum atomic E-state index is -0.163. The van der Waals surface area contributed by atoms with Crippen molar-refractivity contribution < 1.29 is 4.74 Å². The van der Waals surface area contributed by atoms with Gasteiger partial charge in [0.05, 0.1) is 6.61 Å².